The summed E-state index contributed by atoms with van der Waals surface area (Å²) in [6, 6.07) is 7.41. The minimum atomic E-state index is -2.82. The van der Waals surface area contributed by atoms with Crippen LogP contribution >= 0.6 is 11.3 Å². The van der Waals surface area contributed by atoms with Crippen LogP contribution in [0.4, 0.5) is 4.79 Å². The minimum absolute atomic E-state index is 0.00790. The van der Waals surface area contributed by atoms with Crippen LogP contribution in [0, 0.1) is 0 Å². The molecule has 2 aliphatic rings. The molecule has 1 saturated heterocycles. The zero-order valence-corrected chi connectivity index (χ0v) is 25.1. The number of fused-ring (bicyclic) bond motifs is 3. The lowest BCUT2D eigenvalue weighted by molar-refractivity contribution is -0.0406. The van der Waals surface area contributed by atoms with Crippen LogP contribution in [0.1, 0.15) is 47.9 Å². The molecule has 0 aliphatic carbocycles. The fraction of sp³-hybridized carbons (Fsp3) is 0.400. The second-order valence-corrected chi connectivity index (χ2v) is 12.5. The predicted molar refractivity (Wildman–Crippen MR) is 158 cm³/mol. The van der Waals surface area contributed by atoms with Crippen molar-refractivity contribution in [1.82, 2.24) is 29.4 Å². The Morgan fingerprint density at radius 3 is 2.60 bits per heavy atom. The molecule has 2 amide bonds. The van der Waals surface area contributed by atoms with Crippen LogP contribution in [0.2, 0.25) is 0 Å². The number of aromatic nitrogens is 4. The Kier molecular flexibility index (Phi) is 5.73. The Balaban J connectivity index is 1.45. The lowest BCUT2D eigenvalue weighted by atomic mass is 9.90. The minimum Gasteiger partial charge on any atom is -0.496 e. The molecule has 42 heavy (non-hydrogen) atoms. The molecule has 1 fully saturated rings. The fourth-order valence-electron chi connectivity index (χ4n) is 5.27. The van der Waals surface area contributed by atoms with E-state index in [1.54, 1.807) is 50.2 Å². The summed E-state index contributed by atoms with van der Waals surface area (Å²) in [6.45, 7) is 4.06. The van der Waals surface area contributed by atoms with Gasteiger partial charge in [0.15, 0.2) is 5.69 Å². The van der Waals surface area contributed by atoms with Crippen molar-refractivity contribution < 1.29 is 27.9 Å². The molecule has 0 bridgehead atoms. The van der Waals surface area contributed by atoms with Crippen LogP contribution < -0.4 is 9.47 Å². The second kappa shape index (κ2) is 9.90. The van der Waals surface area contributed by atoms with Crippen molar-refractivity contribution in [2.24, 2.45) is 7.05 Å². The summed E-state index contributed by atoms with van der Waals surface area (Å²) >= 11 is 1.47. The number of hydrogen-bond acceptors (Lipinski definition) is 8. The van der Waals surface area contributed by atoms with Gasteiger partial charge in [-0.1, -0.05) is 0 Å². The van der Waals surface area contributed by atoms with Crippen molar-refractivity contribution in [1.29, 1.82) is 0 Å². The lowest BCUT2D eigenvalue weighted by Gasteiger charge is -2.52. The highest BCUT2D eigenvalue weighted by atomic mass is 32.1. The Morgan fingerprint density at radius 1 is 1.19 bits per heavy atom. The maximum Gasteiger partial charge on any atom is 0.410 e. The number of ether oxygens (including phenoxy) is 3. The quantitative estimate of drug-likeness (QED) is 0.321. The summed E-state index contributed by atoms with van der Waals surface area (Å²) in [7, 11) is 3.40. The van der Waals surface area contributed by atoms with Crippen LogP contribution in [0.3, 0.4) is 0 Å². The number of thiophene rings is 1. The zero-order chi connectivity index (χ0) is 32.5. The Bertz CT molecular complexity index is 1780. The maximum atomic E-state index is 14.4. The van der Waals surface area contributed by atoms with Crippen LogP contribution in [0.25, 0.3) is 28.2 Å². The van der Waals surface area contributed by atoms with Gasteiger partial charge < -0.3 is 24.0 Å². The molecule has 12 heteroatoms. The smallest absolute Gasteiger partial charge is 0.410 e. The summed E-state index contributed by atoms with van der Waals surface area (Å²) in [4.78, 5) is 29.3. The molecule has 220 valence electrons. The first-order valence-electron chi connectivity index (χ1n) is 14.9. The van der Waals surface area contributed by atoms with Crippen molar-refractivity contribution in [3.8, 4) is 39.7 Å². The van der Waals surface area contributed by atoms with Crippen molar-refractivity contribution in [2.75, 3.05) is 27.2 Å². The van der Waals surface area contributed by atoms with E-state index in [9.17, 15) is 9.59 Å². The number of hydrogen-bond donors (Lipinski definition) is 0. The van der Waals surface area contributed by atoms with Crippen LogP contribution in [-0.2, 0) is 18.4 Å². The third-order valence-corrected chi connectivity index (χ3v) is 7.98. The molecule has 0 spiro atoms. The van der Waals surface area contributed by atoms with Gasteiger partial charge in [0.2, 0.25) is 0 Å². The van der Waals surface area contributed by atoms with Gasteiger partial charge in [0.25, 0.3) is 5.91 Å². The molecule has 0 saturated carbocycles. The van der Waals surface area contributed by atoms with E-state index in [-0.39, 0.29) is 25.4 Å². The van der Waals surface area contributed by atoms with Crippen molar-refractivity contribution in [3.05, 3.63) is 52.5 Å². The number of rotatable bonds is 5. The SMILES string of the molecule is [2H]C([2H])([2H])N(C(=O)c1nn(-c2ccsc2)c2c1COc1cc(OC)c(-c3ccn(C)n3)cc1-2)C1(C)CN(C(=O)OC(C)(C)C)C1. The maximum absolute atomic E-state index is 14.4. The first-order valence-corrected chi connectivity index (χ1v) is 14.4. The number of nitrogens with zero attached hydrogens (tertiary/aromatic N) is 6. The standard InChI is InChI=1S/C30H34N6O5S/c1-29(2,3)41-28(38)35-16-30(4,17-35)34(6)27(37)25-21-14-40-24-13-23(39-7)19(22-8-10-33(5)31-22)12-20(24)26(21)36(32-25)18-9-11-42-15-18/h8-13,15H,14,16-17H2,1-7H3/i6D3. The van der Waals surface area contributed by atoms with Gasteiger partial charge in [-0.25, -0.2) is 9.48 Å². The molecule has 1 aromatic carbocycles. The van der Waals surface area contributed by atoms with Gasteiger partial charge in [-0.15, -0.1) is 0 Å². The number of aryl methyl sites for hydroxylation is 1. The highest BCUT2D eigenvalue weighted by Crippen LogP contribution is 2.46. The molecular formula is C30H34N6O5S. The van der Waals surface area contributed by atoms with Gasteiger partial charge >= 0.3 is 6.09 Å². The fourth-order valence-corrected chi connectivity index (χ4v) is 5.88. The first kappa shape index (κ1) is 24.3. The van der Waals surface area contributed by atoms with Crippen LogP contribution in [-0.4, -0.2) is 79.7 Å². The Labute approximate surface area is 252 Å². The first-order chi connectivity index (χ1) is 21.1. The number of likely N-dealkylation sites (tertiary alicyclic amines) is 1. The summed E-state index contributed by atoms with van der Waals surface area (Å²) < 4.78 is 45.7. The molecule has 0 N–H and O–H groups in total. The van der Waals surface area contributed by atoms with E-state index in [0.29, 0.717) is 45.3 Å². The zero-order valence-electron chi connectivity index (χ0n) is 27.3. The number of carbonyl (C=O) groups excluding carboxylic acids is 2. The monoisotopic (exact) mass is 593 g/mol. The van der Waals surface area contributed by atoms with E-state index in [4.69, 9.17) is 23.4 Å². The highest BCUT2D eigenvalue weighted by molar-refractivity contribution is 7.08. The van der Waals surface area contributed by atoms with Gasteiger partial charge in [-0.2, -0.15) is 21.5 Å². The largest absolute Gasteiger partial charge is 0.496 e. The van der Waals surface area contributed by atoms with Crippen molar-refractivity contribution >= 4 is 23.3 Å². The normalized spacial score (nSPS) is 16.6. The molecule has 3 aromatic heterocycles. The highest BCUT2D eigenvalue weighted by Gasteiger charge is 2.48. The van der Waals surface area contributed by atoms with Gasteiger partial charge in [0.1, 0.15) is 23.7 Å². The van der Waals surface area contributed by atoms with Gasteiger partial charge in [0.05, 0.1) is 29.7 Å². The summed E-state index contributed by atoms with van der Waals surface area (Å²) in [5.74, 6) is 0.313. The van der Waals surface area contributed by atoms with Crippen LogP contribution in [0.15, 0.2) is 41.2 Å². The van der Waals surface area contributed by atoms with Crippen LogP contribution in [0.5, 0.6) is 11.5 Å². The second-order valence-electron chi connectivity index (χ2n) is 11.8. The third kappa shape index (κ3) is 4.69. The van der Waals surface area contributed by atoms with E-state index in [1.165, 1.54) is 16.2 Å². The third-order valence-electron chi connectivity index (χ3n) is 7.31. The molecule has 0 atom stereocenters. The predicted octanol–water partition coefficient (Wildman–Crippen LogP) is 4.98. The van der Waals surface area contributed by atoms with Crippen molar-refractivity contribution in [2.45, 2.75) is 45.4 Å². The van der Waals surface area contributed by atoms with Gasteiger partial charge in [0, 0.05) is 65.6 Å². The topological polar surface area (TPSA) is 104 Å². The number of carbonyl (C=O) groups is 2. The summed E-state index contributed by atoms with van der Waals surface area (Å²) in [5.41, 5.74) is 1.89. The lowest BCUT2D eigenvalue weighted by Crippen LogP contribution is -2.70. The van der Waals surface area contributed by atoms with E-state index in [2.05, 4.69) is 5.10 Å². The molecule has 0 unspecified atom stereocenters. The molecule has 6 rings (SSSR count). The number of benzene rings is 1. The molecule has 5 heterocycles. The van der Waals surface area contributed by atoms with E-state index in [0.717, 1.165) is 4.90 Å². The Hall–Kier alpha value is -4.32. The summed E-state index contributed by atoms with van der Waals surface area (Å²) in [5, 5.41) is 13.1. The average Bonchev–Trinajstić information content (AvgIpc) is 3.68. The van der Waals surface area contributed by atoms with E-state index < -0.39 is 30.1 Å². The number of methoxy groups -OCH3 is 1. The molecule has 0 radical (unpaired) electrons. The van der Waals surface area contributed by atoms with Crippen molar-refractivity contribution in [3.63, 3.8) is 0 Å². The average molecular weight is 594 g/mol. The Morgan fingerprint density at radius 2 is 1.98 bits per heavy atom. The molecular weight excluding hydrogens is 556 g/mol. The molecule has 2 aliphatic heterocycles. The molecule has 11 nitrogen and oxygen atoms in total. The summed E-state index contributed by atoms with van der Waals surface area (Å²) in [6.07, 6.45) is 1.26. The number of likely N-dealkylation sites (N-methyl/N-ethyl adjacent to an activating group) is 1. The van der Waals surface area contributed by atoms with E-state index >= 15 is 0 Å². The number of amides is 2. The van der Waals surface area contributed by atoms with Gasteiger partial charge in [-0.3, -0.25) is 9.48 Å². The molecule has 4 aromatic rings. The van der Waals surface area contributed by atoms with E-state index in [1.807, 2.05) is 42.2 Å². The van der Waals surface area contributed by atoms with Gasteiger partial charge in [-0.05, 0) is 51.3 Å².